The van der Waals surface area contributed by atoms with Gasteiger partial charge in [0.2, 0.25) is 5.91 Å². The first kappa shape index (κ1) is 18.5. The summed E-state index contributed by atoms with van der Waals surface area (Å²) < 4.78 is 0. The summed E-state index contributed by atoms with van der Waals surface area (Å²) in [6, 6.07) is 23.8. The Labute approximate surface area is 162 Å². The fourth-order valence-electron chi connectivity index (χ4n) is 2.43. The summed E-state index contributed by atoms with van der Waals surface area (Å²) in [5.41, 5.74) is 2.87. The average molecular weight is 380 g/mol. The molecule has 136 valence electrons. The molecule has 2 amide bonds. The third kappa shape index (κ3) is 5.33. The first-order valence-electron chi connectivity index (χ1n) is 8.36. The molecule has 3 aromatic rings. The third-order valence-electron chi connectivity index (χ3n) is 3.76. The van der Waals surface area contributed by atoms with Gasteiger partial charge in [-0.3, -0.25) is 9.59 Å². The van der Waals surface area contributed by atoms with Gasteiger partial charge in [0, 0.05) is 17.1 Å². The van der Waals surface area contributed by atoms with E-state index in [9.17, 15) is 9.59 Å². The van der Waals surface area contributed by atoms with Crippen LogP contribution in [0.1, 0.15) is 10.4 Å². The quantitative estimate of drug-likeness (QED) is 0.592. The second-order valence-corrected chi connectivity index (χ2v) is 6.19. The number of nitrogens with one attached hydrogen (secondary N) is 3. The maximum absolute atomic E-state index is 12.1. The van der Waals surface area contributed by atoms with Crippen molar-refractivity contribution in [2.75, 3.05) is 17.2 Å². The lowest BCUT2D eigenvalue weighted by Crippen LogP contribution is -2.32. The fraction of sp³-hybridized carbons (Fsp3) is 0.0476. The Kier molecular flexibility index (Phi) is 6.07. The molecule has 0 saturated carbocycles. The highest BCUT2D eigenvalue weighted by molar-refractivity contribution is 6.33. The van der Waals surface area contributed by atoms with Gasteiger partial charge in [0.25, 0.3) is 5.91 Å². The number of carbonyl (C=O) groups excluding carboxylic acids is 2. The van der Waals surface area contributed by atoms with E-state index in [-0.39, 0.29) is 12.5 Å². The molecule has 0 saturated heterocycles. The number of hydrogen-bond donors (Lipinski definition) is 3. The number of hydrogen-bond acceptors (Lipinski definition) is 3. The van der Waals surface area contributed by atoms with Crippen LogP contribution >= 0.6 is 11.6 Å². The first-order valence-corrected chi connectivity index (χ1v) is 8.74. The molecule has 0 aromatic heterocycles. The summed E-state index contributed by atoms with van der Waals surface area (Å²) in [4.78, 5) is 24.1. The molecule has 0 heterocycles. The maximum atomic E-state index is 12.1. The summed E-state index contributed by atoms with van der Waals surface area (Å²) in [7, 11) is 0. The number of carbonyl (C=O) groups is 2. The van der Waals surface area contributed by atoms with Gasteiger partial charge in [-0.1, -0.05) is 41.9 Å². The highest BCUT2D eigenvalue weighted by Crippen LogP contribution is 2.18. The second kappa shape index (κ2) is 8.87. The smallest absolute Gasteiger partial charge is 0.253 e. The predicted octanol–water partition coefficient (Wildman–Crippen LogP) is 4.45. The zero-order valence-corrected chi connectivity index (χ0v) is 15.2. The van der Waals surface area contributed by atoms with E-state index >= 15 is 0 Å². The number of halogens is 1. The summed E-state index contributed by atoms with van der Waals surface area (Å²) in [5.74, 6) is -0.711. The molecular weight excluding hydrogens is 362 g/mol. The maximum Gasteiger partial charge on any atom is 0.253 e. The van der Waals surface area contributed by atoms with Crippen LogP contribution in [-0.4, -0.2) is 18.4 Å². The lowest BCUT2D eigenvalue weighted by molar-refractivity contribution is -0.115. The SMILES string of the molecule is O=C(CNC(=O)c1ccccc1Cl)Nc1ccc(Nc2ccccc2)cc1. The number of anilines is 3. The summed E-state index contributed by atoms with van der Waals surface area (Å²) in [5, 5.41) is 8.91. The van der Waals surface area contributed by atoms with Gasteiger partial charge < -0.3 is 16.0 Å². The van der Waals surface area contributed by atoms with Crippen LogP contribution in [0.5, 0.6) is 0 Å². The number of para-hydroxylation sites is 1. The molecule has 3 rings (SSSR count). The molecule has 5 nitrogen and oxygen atoms in total. The highest BCUT2D eigenvalue weighted by atomic mass is 35.5. The molecule has 0 aliphatic rings. The standard InChI is InChI=1S/C21H18ClN3O2/c22-19-9-5-4-8-18(19)21(27)23-14-20(26)25-17-12-10-16(11-13-17)24-15-6-2-1-3-7-15/h1-13,24H,14H2,(H,23,27)(H,25,26). The van der Waals surface area contributed by atoms with Crippen LogP contribution in [0.2, 0.25) is 5.02 Å². The highest BCUT2D eigenvalue weighted by Gasteiger charge is 2.11. The van der Waals surface area contributed by atoms with Gasteiger partial charge in [-0.15, -0.1) is 0 Å². The molecule has 0 bridgehead atoms. The van der Waals surface area contributed by atoms with E-state index in [2.05, 4.69) is 16.0 Å². The van der Waals surface area contributed by atoms with Crippen LogP contribution in [0.15, 0.2) is 78.9 Å². The molecule has 0 radical (unpaired) electrons. The minimum absolute atomic E-state index is 0.145. The molecule has 0 unspecified atom stereocenters. The molecule has 27 heavy (non-hydrogen) atoms. The van der Waals surface area contributed by atoms with Crippen LogP contribution in [0.3, 0.4) is 0 Å². The Balaban J connectivity index is 1.50. The minimum Gasteiger partial charge on any atom is -0.356 e. The number of rotatable bonds is 6. The molecule has 6 heteroatoms. The van der Waals surface area contributed by atoms with Gasteiger partial charge in [-0.2, -0.15) is 0 Å². The van der Waals surface area contributed by atoms with Gasteiger partial charge in [0.15, 0.2) is 0 Å². The predicted molar refractivity (Wildman–Crippen MR) is 109 cm³/mol. The molecule has 0 spiro atoms. The van der Waals surface area contributed by atoms with Crippen molar-refractivity contribution in [3.05, 3.63) is 89.4 Å². The topological polar surface area (TPSA) is 70.2 Å². The van der Waals surface area contributed by atoms with Crippen molar-refractivity contribution in [3.63, 3.8) is 0 Å². The van der Waals surface area contributed by atoms with Crippen LogP contribution in [-0.2, 0) is 4.79 Å². The van der Waals surface area contributed by atoms with Crippen molar-refractivity contribution in [3.8, 4) is 0 Å². The fourth-order valence-corrected chi connectivity index (χ4v) is 2.65. The van der Waals surface area contributed by atoms with E-state index in [0.717, 1.165) is 11.4 Å². The summed E-state index contributed by atoms with van der Waals surface area (Å²) in [6.07, 6.45) is 0. The summed E-state index contributed by atoms with van der Waals surface area (Å²) >= 11 is 5.97. The van der Waals surface area contributed by atoms with Crippen molar-refractivity contribution < 1.29 is 9.59 Å². The van der Waals surface area contributed by atoms with Gasteiger partial charge in [0.1, 0.15) is 0 Å². The van der Waals surface area contributed by atoms with Crippen molar-refractivity contribution in [2.45, 2.75) is 0 Å². The Morgan fingerprint density at radius 2 is 1.33 bits per heavy atom. The second-order valence-electron chi connectivity index (χ2n) is 5.78. The van der Waals surface area contributed by atoms with E-state index in [0.29, 0.717) is 16.3 Å². The van der Waals surface area contributed by atoms with Gasteiger partial charge in [-0.25, -0.2) is 0 Å². The van der Waals surface area contributed by atoms with Crippen molar-refractivity contribution >= 4 is 40.5 Å². The van der Waals surface area contributed by atoms with E-state index in [1.165, 1.54) is 0 Å². The molecule has 0 aliphatic carbocycles. The van der Waals surface area contributed by atoms with Crippen molar-refractivity contribution in [1.29, 1.82) is 0 Å². The van der Waals surface area contributed by atoms with Crippen LogP contribution in [0.4, 0.5) is 17.1 Å². The van der Waals surface area contributed by atoms with Crippen LogP contribution in [0, 0.1) is 0 Å². The largest absolute Gasteiger partial charge is 0.356 e. The number of benzene rings is 3. The number of amides is 2. The Hall–Kier alpha value is -3.31. The molecule has 0 fully saturated rings. The van der Waals surface area contributed by atoms with Crippen molar-refractivity contribution in [2.24, 2.45) is 0 Å². The van der Waals surface area contributed by atoms with Crippen LogP contribution in [0.25, 0.3) is 0 Å². The van der Waals surface area contributed by atoms with E-state index in [1.54, 1.807) is 36.4 Å². The monoisotopic (exact) mass is 379 g/mol. The first-order chi connectivity index (χ1) is 13.1. The average Bonchev–Trinajstić information content (AvgIpc) is 2.69. The molecule has 0 atom stereocenters. The van der Waals surface area contributed by atoms with Gasteiger partial charge >= 0.3 is 0 Å². The Morgan fingerprint density at radius 3 is 2.04 bits per heavy atom. The third-order valence-corrected chi connectivity index (χ3v) is 4.09. The molecular formula is C21H18ClN3O2. The van der Waals surface area contributed by atoms with Crippen LogP contribution < -0.4 is 16.0 Å². The zero-order chi connectivity index (χ0) is 19.1. The van der Waals surface area contributed by atoms with Gasteiger partial charge in [-0.05, 0) is 48.5 Å². The van der Waals surface area contributed by atoms with E-state index in [4.69, 9.17) is 11.6 Å². The summed E-state index contributed by atoms with van der Waals surface area (Å²) in [6.45, 7) is -0.145. The van der Waals surface area contributed by atoms with E-state index < -0.39 is 5.91 Å². The minimum atomic E-state index is -0.391. The van der Waals surface area contributed by atoms with Crippen molar-refractivity contribution in [1.82, 2.24) is 5.32 Å². The molecule has 3 N–H and O–H groups in total. The normalized spacial score (nSPS) is 10.1. The van der Waals surface area contributed by atoms with Gasteiger partial charge in [0.05, 0.1) is 17.1 Å². The lowest BCUT2D eigenvalue weighted by atomic mass is 10.2. The van der Waals surface area contributed by atoms with E-state index in [1.807, 2.05) is 42.5 Å². The Morgan fingerprint density at radius 1 is 0.741 bits per heavy atom. The Bertz CT molecular complexity index is 928. The molecule has 0 aliphatic heterocycles. The lowest BCUT2D eigenvalue weighted by Gasteiger charge is -2.10. The molecule has 3 aromatic carbocycles. The zero-order valence-electron chi connectivity index (χ0n) is 14.4.